The third kappa shape index (κ3) is 2.72. The van der Waals surface area contributed by atoms with Crippen molar-refractivity contribution in [3.05, 3.63) is 41.5 Å². The maximum absolute atomic E-state index is 5.37. The van der Waals surface area contributed by atoms with E-state index in [1.807, 2.05) is 32.2 Å². The molecule has 0 aliphatic carbocycles. The van der Waals surface area contributed by atoms with E-state index in [-0.39, 0.29) is 0 Å². The summed E-state index contributed by atoms with van der Waals surface area (Å²) in [4.78, 5) is 12.4. The second kappa shape index (κ2) is 5.42. The van der Waals surface area contributed by atoms with E-state index in [0.29, 0.717) is 12.4 Å². The summed E-state index contributed by atoms with van der Waals surface area (Å²) in [5, 5.41) is 3.24. The standard InChI is InChI=1S/C12H16N6/c1-8-3-4-10(5-14-8)6-15-11-9(2)12(18-13)17-7-16-11/h3-5,7H,6,13H2,1-2H3,(H2,15,16,17,18). The summed E-state index contributed by atoms with van der Waals surface area (Å²) in [5.41, 5.74) is 5.53. The molecule has 0 fully saturated rings. The third-order valence-corrected chi connectivity index (χ3v) is 2.65. The van der Waals surface area contributed by atoms with Crippen molar-refractivity contribution in [3.8, 4) is 0 Å². The smallest absolute Gasteiger partial charge is 0.148 e. The Bertz CT molecular complexity index is 523. The number of nitrogens with one attached hydrogen (secondary N) is 2. The van der Waals surface area contributed by atoms with Crippen LogP contribution in [0.4, 0.5) is 11.6 Å². The van der Waals surface area contributed by atoms with Crippen LogP contribution in [0.1, 0.15) is 16.8 Å². The number of nitrogens with zero attached hydrogens (tertiary/aromatic N) is 3. The molecule has 18 heavy (non-hydrogen) atoms. The zero-order valence-electron chi connectivity index (χ0n) is 10.4. The molecule has 0 aromatic carbocycles. The van der Waals surface area contributed by atoms with Gasteiger partial charge >= 0.3 is 0 Å². The largest absolute Gasteiger partial charge is 0.366 e. The Kier molecular flexibility index (Phi) is 3.69. The molecule has 0 spiro atoms. The van der Waals surface area contributed by atoms with E-state index in [0.717, 1.165) is 22.6 Å². The van der Waals surface area contributed by atoms with Crippen LogP contribution in [0.3, 0.4) is 0 Å². The summed E-state index contributed by atoms with van der Waals surface area (Å²) in [7, 11) is 0. The first kappa shape index (κ1) is 12.3. The van der Waals surface area contributed by atoms with Gasteiger partial charge in [0.2, 0.25) is 0 Å². The molecule has 0 aliphatic heterocycles. The van der Waals surface area contributed by atoms with E-state index in [1.165, 1.54) is 6.33 Å². The van der Waals surface area contributed by atoms with Gasteiger partial charge in [-0.15, -0.1) is 0 Å². The fourth-order valence-corrected chi connectivity index (χ4v) is 1.56. The molecular weight excluding hydrogens is 228 g/mol. The molecule has 0 aliphatic rings. The number of anilines is 2. The van der Waals surface area contributed by atoms with Gasteiger partial charge in [-0.1, -0.05) is 6.07 Å². The minimum absolute atomic E-state index is 0.620. The molecule has 6 heteroatoms. The van der Waals surface area contributed by atoms with Crippen molar-refractivity contribution in [2.24, 2.45) is 5.84 Å². The topological polar surface area (TPSA) is 88.8 Å². The van der Waals surface area contributed by atoms with Crippen LogP contribution in [0.5, 0.6) is 0 Å². The zero-order chi connectivity index (χ0) is 13.0. The van der Waals surface area contributed by atoms with E-state index in [4.69, 9.17) is 5.84 Å². The molecule has 2 aromatic rings. The Balaban J connectivity index is 2.08. The van der Waals surface area contributed by atoms with Gasteiger partial charge < -0.3 is 10.7 Å². The molecule has 0 radical (unpaired) electrons. The van der Waals surface area contributed by atoms with Gasteiger partial charge in [0.1, 0.15) is 18.0 Å². The predicted octanol–water partition coefficient (Wildman–Crippen LogP) is 1.39. The predicted molar refractivity (Wildman–Crippen MR) is 70.9 cm³/mol. The lowest BCUT2D eigenvalue weighted by Crippen LogP contribution is -2.12. The minimum Gasteiger partial charge on any atom is -0.366 e. The Morgan fingerprint density at radius 1 is 1.11 bits per heavy atom. The highest BCUT2D eigenvalue weighted by Crippen LogP contribution is 2.17. The van der Waals surface area contributed by atoms with Gasteiger partial charge in [-0.25, -0.2) is 15.8 Å². The SMILES string of the molecule is Cc1ccc(CNc2ncnc(NN)c2C)cn1. The highest BCUT2D eigenvalue weighted by Gasteiger charge is 2.05. The first-order chi connectivity index (χ1) is 8.70. The molecule has 2 aromatic heterocycles. The minimum atomic E-state index is 0.620. The quantitative estimate of drug-likeness (QED) is 0.556. The molecule has 0 atom stereocenters. The van der Waals surface area contributed by atoms with E-state index in [2.05, 4.69) is 25.7 Å². The van der Waals surface area contributed by atoms with Gasteiger partial charge in [0, 0.05) is 24.0 Å². The van der Waals surface area contributed by atoms with Crippen LogP contribution in [0, 0.1) is 13.8 Å². The fourth-order valence-electron chi connectivity index (χ4n) is 1.56. The van der Waals surface area contributed by atoms with Crippen LogP contribution in [0.25, 0.3) is 0 Å². The molecule has 2 rings (SSSR count). The van der Waals surface area contributed by atoms with Gasteiger partial charge in [-0.3, -0.25) is 4.98 Å². The first-order valence-electron chi connectivity index (χ1n) is 5.64. The Morgan fingerprint density at radius 2 is 1.89 bits per heavy atom. The van der Waals surface area contributed by atoms with E-state index in [9.17, 15) is 0 Å². The second-order valence-corrected chi connectivity index (χ2v) is 4.00. The molecule has 0 unspecified atom stereocenters. The molecule has 0 bridgehead atoms. The van der Waals surface area contributed by atoms with Crippen LogP contribution >= 0.6 is 0 Å². The van der Waals surface area contributed by atoms with Crippen molar-refractivity contribution >= 4 is 11.6 Å². The number of pyridine rings is 1. The summed E-state index contributed by atoms with van der Waals surface area (Å²) in [6, 6.07) is 4.02. The van der Waals surface area contributed by atoms with Crippen molar-refractivity contribution in [1.82, 2.24) is 15.0 Å². The molecular formula is C12H16N6. The first-order valence-corrected chi connectivity index (χ1v) is 5.64. The van der Waals surface area contributed by atoms with Crippen LogP contribution < -0.4 is 16.6 Å². The Morgan fingerprint density at radius 3 is 2.56 bits per heavy atom. The highest BCUT2D eigenvalue weighted by molar-refractivity contribution is 5.55. The van der Waals surface area contributed by atoms with Gasteiger partial charge in [-0.05, 0) is 25.5 Å². The Hall–Kier alpha value is -2.21. The number of rotatable bonds is 4. The van der Waals surface area contributed by atoms with Crippen molar-refractivity contribution in [1.29, 1.82) is 0 Å². The van der Waals surface area contributed by atoms with Gasteiger partial charge in [0.15, 0.2) is 0 Å². The van der Waals surface area contributed by atoms with Crippen molar-refractivity contribution in [3.63, 3.8) is 0 Å². The molecule has 4 N–H and O–H groups in total. The molecule has 6 nitrogen and oxygen atoms in total. The Labute approximate surface area is 106 Å². The van der Waals surface area contributed by atoms with Crippen molar-refractivity contribution < 1.29 is 0 Å². The molecule has 2 heterocycles. The number of hydrogen-bond donors (Lipinski definition) is 3. The van der Waals surface area contributed by atoms with Crippen LogP contribution in [-0.2, 0) is 6.54 Å². The number of nitrogen functional groups attached to an aromatic ring is 1. The summed E-state index contributed by atoms with van der Waals surface area (Å²) in [6.07, 6.45) is 3.32. The second-order valence-electron chi connectivity index (χ2n) is 4.00. The van der Waals surface area contributed by atoms with Crippen LogP contribution in [0.15, 0.2) is 24.7 Å². The molecule has 0 amide bonds. The fraction of sp³-hybridized carbons (Fsp3) is 0.250. The van der Waals surface area contributed by atoms with Crippen molar-refractivity contribution in [2.75, 3.05) is 10.7 Å². The lowest BCUT2D eigenvalue weighted by molar-refractivity contribution is 1.03. The average molecular weight is 244 g/mol. The molecule has 94 valence electrons. The van der Waals surface area contributed by atoms with Gasteiger partial charge in [0.05, 0.1) is 0 Å². The van der Waals surface area contributed by atoms with Crippen LogP contribution in [-0.4, -0.2) is 15.0 Å². The maximum atomic E-state index is 5.37. The van der Waals surface area contributed by atoms with Crippen molar-refractivity contribution in [2.45, 2.75) is 20.4 Å². The summed E-state index contributed by atoms with van der Waals surface area (Å²) < 4.78 is 0. The van der Waals surface area contributed by atoms with Crippen LogP contribution in [0.2, 0.25) is 0 Å². The lowest BCUT2D eigenvalue weighted by Gasteiger charge is -2.10. The van der Waals surface area contributed by atoms with Gasteiger partial charge in [-0.2, -0.15) is 0 Å². The summed E-state index contributed by atoms with van der Waals surface area (Å²) >= 11 is 0. The number of aryl methyl sites for hydroxylation is 1. The average Bonchev–Trinajstić information content (AvgIpc) is 2.39. The monoisotopic (exact) mass is 244 g/mol. The number of hydrogen-bond acceptors (Lipinski definition) is 6. The van der Waals surface area contributed by atoms with E-state index < -0.39 is 0 Å². The normalized spacial score (nSPS) is 10.2. The maximum Gasteiger partial charge on any atom is 0.148 e. The highest BCUT2D eigenvalue weighted by atomic mass is 15.3. The lowest BCUT2D eigenvalue weighted by atomic mass is 10.2. The molecule has 0 saturated carbocycles. The number of aromatic nitrogens is 3. The summed E-state index contributed by atoms with van der Waals surface area (Å²) in [6.45, 7) is 4.53. The number of hydrazine groups is 1. The third-order valence-electron chi connectivity index (χ3n) is 2.65. The summed E-state index contributed by atoms with van der Waals surface area (Å²) in [5.74, 6) is 6.75. The van der Waals surface area contributed by atoms with E-state index in [1.54, 1.807) is 0 Å². The van der Waals surface area contributed by atoms with E-state index >= 15 is 0 Å². The zero-order valence-corrected chi connectivity index (χ0v) is 10.4. The molecule has 0 saturated heterocycles. The number of nitrogens with two attached hydrogens (primary N) is 1. The van der Waals surface area contributed by atoms with Gasteiger partial charge in [0.25, 0.3) is 0 Å².